The van der Waals surface area contributed by atoms with Gasteiger partial charge in [0, 0.05) is 0 Å². The van der Waals surface area contributed by atoms with Crippen LogP contribution in [0.25, 0.3) is 0 Å². The van der Waals surface area contributed by atoms with Crippen LogP contribution in [-0.2, 0) is 0 Å². The van der Waals surface area contributed by atoms with Crippen LogP contribution in [-0.4, -0.2) is 6.72 Å². The molecule has 0 aliphatic carbocycles. The monoisotopic (exact) mass is 173 g/mol. The maximum Gasteiger partial charge on any atom is 0.105 e. The first kappa shape index (κ1) is 7.63. The summed E-state index contributed by atoms with van der Waals surface area (Å²) < 4.78 is 0.760. The van der Waals surface area contributed by atoms with Crippen LogP contribution in [0.1, 0.15) is 6.92 Å². The molecule has 0 N–H and O–H groups in total. The van der Waals surface area contributed by atoms with E-state index in [1.54, 1.807) is 0 Å². The Morgan fingerprint density at radius 3 is 2.75 bits per heavy atom. The third-order valence-electron chi connectivity index (χ3n) is 0.577. The molecule has 0 aliphatic rings. The molecule has 0 heterocycles. The summed E-state index contributed by atoms with van der Waals surface area (Å²) in [6.45, 7) is 5.26. The quantitative estimate of drug-likeness (QED) is 0.346. The number of hydrogen-bond donors (Lipinski definition) is 0. The van der Waals surface area contributed by atoms with E-state index in [0.717, 1.165) is 4.61 Å². The number of nitrogens with zero attached hydrogens (tertiary/aromatic N) is 1. The molecular weight excluding hydrogens is 166 g/mol. The third-order valence-corrected chi connectivity index (χ3v) is 1.09. The molecule has 0 unspecified atom stereocenters. The zero-order valence-electron chi connectivity index (χ0n) is 4.76. The third kappa shape index (κ3) is 3.81. The topological polar surface area (TPSA) is 12.4 Å². The number of allylic oxidation sites excluding steroid dienone is 3. The van der Waals surface area contributed by atoms with E-state index in [1.165, 1.54) is 0 Å². The summed E-state index contributed by atoms with van der Waals surface area (Å²) in [4.78, 5) is 3.60. The lowest BCUT2D eigenvalue weighted by atomic mass is 10.5. The first-order valence-electron chi connectivity index (χ1n) is 2.26. The van der Waals surface area contributed by atoms with Gasteiger partial charge in [-0.25, -0.2) is 0 Å². The van der Waals surface area contributed by atoms with E-state index in [1.807, 2.05) is 25.2 Å². The highest BCUT2D eigenvalue weighted by Crippen LogP contribution is 2.03. The molecule has 0 saturated carbocycles. The van der Waals surface area contributed by atoms with E-state index in [4.69, 9.17) is 0 Å². The van der Waals surface area contributed by atoms with Gasteiger partial charge in [0.15, 0.2) is 0 Å². The van der Waals surface area contributed by atoms with Gasteiger partial charge in [0.25, 0.3) is 0 Å². The summed E-state index contributed by atoms with van der Waals surface area (Å²) in [5, 5.41) is 0. The van der Waals surface area contributed by atoms with E-state index in [9.17, 15) is 0 Å². The SMILES string of the molecule is C=N/C(Br)=C\C=C/C. The Labute approximate surface area is 57.9 Å². The molecule has 0 aromatic rings. The van der Waals surface area contributed by atoms with Crippen molar-refractivity contribution in [2.75, 3.05) is 0 Å². The Hall–Kier alpha value is -0.370. The number of hydrogen-bond acceptors (Lipinski definition) is 1. The summed E-state index contributed by atoms with van der Waals surface area (Å²) in [6, 6.07) is 0. The van der Waals surface area contributed by atoms with Crippen molar-refractivity contribution in [2.45, 2.75) is 6.92 Å². The fourth-order valence-corrected chi connectivity index (χ4v) is 0.381. The molecule has 0 aromatic carbocycles. The number of halogens is 1. The van der Waals surface area contributed by atoms with Gasteiger partial charge in [-0.15, -0.1) is 0 Å². The average Bonchev–Trinajstić information content (AvgIpc) is 1.83. The zero-order valence-corrected chi connectivity index (χ0v) is 6.35. The van der Waals surface area contributed by atoms with Crippen molar-refractivity contribution in [3.05, 3.63) is 22.8 Å². The van der Waals surface area contributed by atoms with Crippen molar-refractivity contribution in [2.24, 2.45) is 4.99 Å². The van der Waals surface area contributed by atoms with Crippen LogP contribution in [0.2, 0.25) is 0 Å². The molecule has 0 fully saturated rings. The maximum absolute atomic E-state index is 3.60. The largest absolute Gasteiger partial charge is 0.257 e. The Morgan fingerprint density at radius 1 is 1.75 bits per heavy atom. The molecule has 0 saturated heterocycles. The molecule has 0 aromatic heterocycles. The fourth-order valence-electron chi connectivity index (χ4n) is 0.228. The van der Waals surface area contributed by atoms with Gasteiger partial charge in [-0.1, -0.05) is 12.2 Å². The minimum absolute atomic E-state index is 0.760. The number of rotatable bonds is 2. The normalized spacial score (nSPS) is 12.5. The predicted octanol–water partition coefficient (Wildman–Crippen LogP) is 2.50. The maximum atomic E-state index is 3.60. The van der Waals surface area contributed by atoms with E-state index < -0.39 is 0 Å². The Kier molecular flexibility index (Phi) is 4.56. The molecule has 0 spiro atoms. The molecular formula is C6H8BrN. The van der Waals surface area contributed by atoms with Crippen molar-refractivity contribution >= 4 is 22.6 Å². The second kappa shape index (κ2) is 4.78. The molecule has 8 heavy (non-hydrogen) atoms. The van der Waals surface area contributed by atoms with E-state index in [0.29, 0.717) is 0 Å². The average molecular weight is 174 g/mol. The van der Waals surface area contributed by atoms with Gasteiger partial charge in [0.05, 0.1) is 0 Å². The first-order valence-corrected chi connectivity index (χ1v) is 3.05. The van der Waals surface area contributed by atoms with Crippen molar-refractivity contribution in [1.82, 2.24) is 0 Å². The molecule has 0 amide bonds. The molecule has 44 valence electrons. The van der Waals surface area contributed by atoms with Gasteiger partial charge in [0.2, 0.25) is 0 Å². The molecule has 0 radical (unpaired) electrons. The lowest BCUT2D eigenvalue weighted by Crippen LogP contribution is -1.55. The predicted molar refractivity (Wildman–Crippen MR) is 41.4 cm³/mol. The minimum Gasteiger partial charge on any atom is -0.257 e. The molecule has 1 nitrogen and oxygen atoms in total. The van der Waals surface area contributed by atoms with Crippen molar-refractivity contribution < 1.29 is 0 Å². The standard InChI is InChI=1S/C6H8BrN/c1-3-4-5-6(7)8-2/h3-5H,2H2,1H3/b4-3-,6-5-. The number of aliphatic imine (C=N–C) groups is 1. The zero-order chi connectivity index (χ0) is 6.41. The van der Waals surface area contributed by atoms with Crippen molar-refractivity contribution in [3.63, 3.8) is 0 Å². The summed E-state index contributed by atoms with van der Waals surface area (Å²) in [6.07, 6.45) is 5.64. The second-order valence-electron chi connectivity index (χ2n) is 1.17. The summed E-state index contributed by atoms with van der Waals surface area (Å²) in [5.74, 6) is 0. The first-order chi connectivity index (χ1) is 3.81. The van der Waals surface area contributed by atoms with Gasteiger partial charge in [-0.2, -0.15) is 0 Å². The smallest absolute Gasteiger partial charge is 0.105 e. The van der Waals surface area contributed by atoms with E-state index in [-0.39, 0.29) is 0 Å². The summed E-state index contributed by atoms with van der Waals surface area (Å²) in [5.41, 5.74) is 0. The van der Waals surface area contributed by atoms with Crippen LogP contribution < -0.4 is 0 Å². The van der Waals surface area contributed by atoms with Crippen molar-refractivity contribution in [3.8, 4) is 0 Å². The Morgan fingerprint density at radius 2 is 2.38 bits per heavy atom. The molecule has 0 aliphatic heterocycles. The Balaban J connectivity index is 3.74. The summed E-state index contributed by atoms with van der Waals surface area (Å²) in [7, 11) is 0. The highest BCUT2D eigenvalue weighted by molar-refractivity contribution is 9.11. The molecule has 0 atom stereocenters. The van der Waals surface area contributed by atoms with Gasteiger partial charge in [-0.05, 0) is 35.6 Å². The van der Waals surface area contributed by atoms with Crippen molar-refractivity contribution in [1.29, 1.82) is 0 Å². The molecule has 0 bridgehead atoms. The molecule has 2 heteroatoms. The van der Waals surface area contributed by atoms with Crippen LogP contribution in [0.4, 0.5) is 0 Å². The lowest BCUT2D eigenvalue weighted by molar-refractivity contribution is 1.57. The van der Waals surface area contributed by atoms with Gasteiger partial charge < -0.3 is 0 Å². The lowest BCUT2D eigenvalue weighted by Gasteiger charge is -1.78. The Bertz CT molecular complexity index is 124. The summed E-state index contributed by atoms with van der Waals surface area (Å²) >= 11 is 3.16. The second-order valence-corrected chi connectivity index (χ2v) is 1.99. The molecule has 0 rings (SSSR count). The van der Waals surface area contributed by atoms with Crippen LogP contribution in [0.3, 0.4) is 0 Å². The van der Waals surface area contributed by atoms with E-state index >= 15 is 0 Å². The van der Waals surface area contributed by atoms with Gasteiger partial charge in [-0.3, -0.25) is 4.99 Å². The van der Waals surface area contributed by atoms with Crippen LogP contribution in [0.15, 0.2) is 27.8 Å². The van der Waals surface area contributed by atoms with Gasteiger partial charge in [0.1, 0.15) is 4.61 Å². The highest BCUT2D eigenvalue weighted by Gasteiger charge is 1.74. The van der Waals surface area contributed by atoms with Gasteiger partial charge >= 0.3 is 0 Å². The van der Waals surface area contributed by atoms with Crippen LogP contribution in [0, 0.1) is 0 Å². The fraction of sp³-hybridized carbons (Fsp3) is 0.167. The van der Waals surface area contributed by atoms with E-state index in [2.05, 4.69) is 27.6 Å². The highest BCUT2D eigenvalue weighted by atomic mass is 79.9. The minimum atomic E-state index is 0.760. The van der Waals surface area contributed by atoms with Crippen LogP contribution >= 0.6 is 15.9 Å². The van der Waals surface area contributed by atoms with Crippen LogP contribution in [0.5, 0.6) is 0 Å².